The second-order valence-electron chi connectivity index (χ2n) is 8.01. The van der Waals surface area contributed by atoms with E-state index >= 15 is 0 Å². The Morgan fingerprint density at radius 3 is 2.64 bits per heavy atom. The highest BCUT2D eigenvalue weighted by atomic mass is 32.2. The number of aromatic nitrogens is 2. The minimum atomic E-state index is -3.26. The minimum absolute atomic E-state index is 0.100. The molecule has 0 spiro atoms. The van der Waals surface area contributed by atoms with Crippen molar-refractivity contribution in [1.82, 2.24) is 9.97 Å². The molecule has 3 heterocycles. The van der Waals surface area contributed by atoms with Gasteiger partial charge in [0.2, 0.25) is 0 Å². The van der Waals surface area contributed by atoms with Crippen molar-refractivity contribution in [2.24, 2.45) is 10.7 Å². The van der Waals surface area contributed by atoms with E-state index in [4.69, 9.17) is 15.5 Å². The molecule has 1 aromatic carbocycles. The lowest BCUT2D eigenvalue weighted by Crippen LogP contribution is -2.08. The Bertz CT molecular complexity index is 1310. The Morgan fingerprint density at radius 1 is 1.18 bits per heavy atom. The van der Waals surface area contributed by atoms with Crippen LogP contribution in [0.4, 0.5) is 0 Å². The van der Waals surface area contributed by atoms with Gasteiger partial charge in [-0.3, -0.25) is 15.0 Å². The SMILES string of the molecule is Cc1cccc(C(N)=C(C=N[C@@H]2CCOC2)c2ccnc(-c3ccc(S(C)(=O)=O)cc3)c2)n1. The zero-order valence-electron chi connectivity index (χ0n) is 18.6. The zero-order valence-corrected chi connectivity index (χ0v) is 19.4. The van der Waals surface area contributed by atoms with E-state index in [-0.39, 0.29) is 10.9 Å². The molecule has 0 unspecified atom stereocenters. The minimum Gasteiger partial charge on any atom is -0.396 e. The smallest absolute Gasteiger partial charge is 0.175 e. The number of nitrogens with zero attached hydrogens (tertiary/aromatic N) is 3. The maximum Gasteiger partial charge on any atom is 0.175 e. The second-order valence-corrected chi connectivity index (χ2v) is 10.0. The van der Waals surface area contributed by atoms with Crippen LogP contribution in [0.15, 0.2) is 70.7 Å². The lowest BCUT2D eigenvalue weighted by molar-refractivity contribution is 0.194. The Labute approximate surface area is 194 Å². The van der Waals surface area contributed by atoms with E-state index < -0.39 is 9.84 Å². The molecule has 1 fully saturated rings. The number of nitrogens with two attached hydrogens (primary N) is 1. The number of pyridine rings is 2. The highest BCUT2D eigenvalue weighted by Gasteiger charge is 2.16. The van der Waals surface area contributed by atoms with Gasteiger partial charge in [0.1, 0.15) is 0 Å². The summed E-state index contributed by atoms with van der Waals surface area (Å²) in [7, 11) is -3.26. The van der Waals surface area contributed by atoms with Crippen LogP contribution in [0, 0.1) is 6.92 Å². The molecule has 2 N–H and O–H groups in total. The molecule has 170 valence electrons. The molecule has 1 aliphatic heterocycles. The summed E-state index contributed by atoms with van der Waals surface area (Å²) in [5.74, 6) is 0. The van der Waals surface area contributed by atoms with Gasteiger partial charge in [-0.15, -0.1) is 0 Å². The van der Waals surface area contributed by atoms with Crippen LogP contribution in [-0.2, 0) is 14.6 Å². The van der Waals surface area contributed by atoms with Gasteiger partial charge >= 0.3 is 0 Å². The van der Waals surface area contributed by atoms with Crippen LogP contribution in [0.1, 0.15) is 23.4 Å². The van der Waals surface area contributed by atoms with E-state index in [0.717, 1.165) is 28.8 Å². The van der Waals surface area contributed by atoms with Gasteiger partial charge < -0.3 is 10.5 Å². The van der Waals surface area contributed by atoms with Crippen LogP contribution >= 0.6 is 0 Å². The molecule has 0 bridgehead atoms. The zero-order chi connectivity index (χ0) is 23.4. The largest absolute Gasteiger partial charge is 0.396 e. The van der Waals surface area contributed by atoms with Gasteiger partial charge in [0.15, 0.2) is 9.84 Å². The summed E-state index contributed by atoms with van der Waals surface area (Å²) in [6.07, 6.45) is 5.57. The van der Waals surface area contributed by atoms with Crippen LogP contribution in [-0.4, -0.2) is 50.1 Å². The van der Waals surface area contributed by atoms with Crippen molar-refractivity contribution < 1.29 is 13.2 Å². The summed E-state index contributed by atoms with van der Waals surface area (Å²) in [5, 5.41) is 0. The fraction of sp³-hybridized carbons (Fsp3) is 0.240. The van der Waals surface area contributed by atoms with Crippen LogP contribution in [0.5, 0.6) is 0 Å². The molecular formula is C25H26N4O3S. The van der Waals surface area contributed by atoms with E-state index in [2.05, 4.69) is 9.97 Å². The third-order valence-electron chi connectivity index (χ3n) is 5.42. The van der Waals surface area contributed by atoms with Gasteiger partial charge in [0.05, 0.1) is 34.6 Å². The number of benzene rings is 1. The predicted molar refractivity (Wildman–Crippen MR) is 130 cm³/mol. The first kappa shape index (κ1) is 22.8. The summed E-state index contributed by atoms with van der Waals surface area (Å²) in [4.78, 5) is 14.0. The van der Waals surface area contributed by atoms with Crippen molar-refractivity contribution in [2.75, 3.05) is 19.5 Å². The molecule has 8 heteroatoms. The number of sulfone groups is 1. The van der Waals surface area contributed by atoms with Crippen molar-refractivity contribution >= 4 is 27.3 Å². The molecule has 4 rings (SSSR count). The predicted octanol–water partition coefficient (Wildman–Crippen LogP) is 3.54. The monoisotopic (exact) mass is 462 g/mol. The standard InChI is InChI=1S/C25H26N4O3S/c1-17-4-3-5-23(29-17)25(26)22(15-28-20-11-13-32-16-20)19-10-12-27-24(14-19)18-6-8-21(9-7-18)33(2,30)31/h3-10,12,14-15,20H,11,13,16,26H2,1-2H3/t20-/m1/s1. The van der Waals surface area contributed by atoms with E-state index in [9.17, 15) is 8.42 Å². The first-order valence-electron chi connectivity index (χ1n) is 10.6. The molecule has 1 atom stereocenters. The fourth-order valence-electron chi connectivity index (χ4n) is 3.58. The van der Waals surface area contributed by atoms with Crippen molar-refractivity contribution in [3.05, 3.63) is 77.7 Å². The molecule has 1 saturated heterocycles. The van der Waals surface area contributed by atoms with E-state index in [1.807, 2.05) is 37.3 Å². The fourth-order valence-corrected chi connectivity index (χ4v) is 4.21. The highest BCUT2D eigenvalue weighted by Crippen LogP contribution is 2.26. The molecule has 3 aromatic rings. The van der Waals surface area contributed by atoms with Crippen molar-refractivity contribution in [3.63, 3.8) is 0 Å². The van der Waals surface area contributed by atoms with Gasteiger partial charge in [-0.05, 0) is 55.3 Å². The summed E-state index contributed by atoms with van der Waals surface area (Å²) >= 11 is 0. The van der Waals surface area contributed by atoms with E-state index in [1.54, 1.807) is 36.7 Å². The van der Waals surface area contributed by atoms with Crippen molar-refractivity contribution in [2.45, 2.75) is 24.3 Å². The lowest BCUT2D eigenvalue weighted by atomic mass is 10.0. The number of hydrogen-bond acceptors (Lipinski definition) is 7. The Kier molecular flexibility index (Phi) is 6.67. The molecule has 0 radical (unpaired) electrons. The molecule has 33 heavy (non-hydrogen) atoms. The second kappa shape index (κ2) is 9.64. The first-order valence-corrected chi connectivity index (χ1v) is 12.5. The molecule has 0 aliphatic carbocycles. The van der Waals surface area contributed by atoms with Gasteiger partial charge in [-0.25, -0.2) is 8.42 Å². The van der Waals surface area contributed by atoms with Gasteiger partial charge in [0.25, 0.3) is 0 Å². The Balaban J connectivity index is 1.76. The van der Waals surface area contributed by atoms with E-state index in [0.29, 0.717) is 30.3 Å². The average Bonchev–Trinajstić information content (AvgIpc) is 3.32. The van der Waals surface area contributed by atoms with Crippen molar-refractivity contribution in [3.8, 4) is 11.3 Å². The van der Waals surface area contributed by atoms with Crippen LogP contribution in [0.3, 0.4) is 0 Å². The number of aliphatic imine (C=N–C) groups is 1. The summed E-state index contributed by atoms with van der Waals surface area (Å²) in [6.45, 7) is 3.23. The maximum absolute atomic E-state index is 11.8. The number of rotatable bonds is 6. The third kappa shape index (κ3) is 5.53. The lowest BCUT2D eigenvalue weighted by Gasteiger charge is -2.11. The topological polar surface area (TPSA) is 108 Å². The quantitative estimate of drug-likeness (QED) is 0.562. The summed E-state index contributed by atoms with van der Waals surface area (Å²) in [5.41, 5.74) is 11.8. The molecule has 7 nitrogen and oxygen atoms in total. The Hall–Kier alpha value is -3.36. The number of aryl methyl sites for hydroxylation is 1. The number of allylic oxidation sites excluding steroid dienone is 1. The summed E-state index contributed by atoms with van der Waals surface area (Å²) in [6, 6.07) is 16.3. The van der Waals surface area contributed by atoms with Crippen LogP contribution in [0.2, 0.25) is 0 Å². The van der Waals surface area contributed by atoms with Crippen molar-refractivity contribution in [1.29, 1.82) is 0 Å². The normalized spacial score (nSPS) is 17.3. The van der Waals surface area contributed by atoms with Gasteiger partial charge in [0, 0.05) is 42.1 Å². The highest BCUT2D eigenvalue weighted by molar-refractivity contribution is 7.90. The van der Waals surface area contributed by atoms with Gasteiger partial charge in [-0.2, -0.15) is 0 Å². The molecular weight excluding hydrogens is 436 g/mol. The number of ether oxygens (including phenoxy) is 1. The van der Waals surface area contributed by atoms with Crippen LogP contribution in [0.25, 0.3) is 22.5 Å². The third-order valence-corrected chi connectivity index (χ3v) is 6.55. The van der Waals surface area contributed by atoms with Gasteiger partial charge in [-0.1, -0.05) is 18.2 Å². The molecule has 0 saturated carbocycles. The molecule has 1 aliphatic rings. The first-order chi connectivity index (χ1) is 15.8. The summed E-state index contributed by atoms with van der Waals surface area (Å²) < 4.78 is 29.0. The maximum atomic E-state index is 11.8. The average molecular weight is 463 g/mol. The van der Waals surface area contributed by atoms with Crippen LogP contribution < -0.4 is 5.73 Å². The molecule has 0 amide bonds. The molecule has 2 aromatic heterocycles. The van der Waals surface area contributed by atoms with E-state index in [1.165, 1.54) is 6.26 Å². The number of hydrogen-bond donors (Lipinski definition) is 1. The Morgan fingerprint density at radius 2 is 1.97 bits per heavy atom.